The van der Waals surface area contributed by atoms with Gasteiger partial charge in [-0.3, -0.25) is 14.5 Å². The smallest absolute Gasteiger partial charge is 0.273 e. The summed E-state index contributed by atoms with van der Waals surface area (Å²) in [5.41, 5.74) is 1.82. The Bertz CT molecular complexity index is 1000. The molecule has 2 aromatic carbocycles. The molecule has 7 nitrogen and oxygen atoms in total. The molecule has 28 heavy (non-hydrogen) atoms. The van der Waals surface area contributed by atoms with Crippen LogP contribution in [0, 0.1) is 0 Å². The van der Waals surface area contributed by atoms with E-state index in [0.717, 1.165) is 5.56 Å². The van der Waals surface area contributed by atoms with E-state index >= 15 is 0 Å². The molecule has 3 aromatic rings. The molecule has 1 atom stereocenters. The number of hydrogen-bond acceptors (Lipinski definition) is 5. The van der Waals surface area contributed by atoms with E-state index in [4.69, 9.17) is 9.15 Å². The molecule has 0 saturated carbocycles. The first-order valence-electron chi connectivity index (χ1n) is 8.94. The van der Waals surface area contributed by atoms with E-state index in [1.165, 1.54) is 6.26 Å². The van der Waals surface area contributed by atoms with Crippen molar-refractivity contribution in [1.29, 1.82) is 0 Å². The summed E-state index contributed by atoms with van der Waals surface area (Å²) in [7, 11) is 0. The van der Waals surface area contributed by atoms with Crippen LogP contribution >= 0.6 is 0 Å². The molecular weight excluding hydrogens is 358 g/mol. The average molecular weight is 377 g/mol. The summed E-state index contributed by atoms with van der Waals surface area (Å²) < 4.78 is 10.9. The summed E-state index contributed by atoms with van der Waals surface area (Å²) in [5.74, 6) is 0.381. The van der Waals surface area contributed by atoms with Crippen molar-refractivity contribution in [3.63, 3.8) is 0 Å². The standard InChI is InChI=1S/C21H19N3O4/c1-14(15-7-3-2-4-8-15)22-21(26)16-12-28-19(23-16)11-24-17-9-5-6-10-18(17)27-13-20(24)25/h2-10,12,14H,11,13H2,1H3,(H,22,26)/t14-/m1/s1. The summed E-state index contributed by atoms with van der Waals surface area (Å²) in [5, 5.41) is 2.89. The fraction of sp³-hybridized carbons (Fsp3) is 0.190. The van der Waals surface area contributed by atoms with E-state index in [0.29, 0.717) is 11.4 Å². The maximum atomic E-state index is 12.5. The third-order valence-corrected chi connectivity index (χ3v) is 4.53. The first-order valence-corrected chi connectivity index (χ1v) is 8.94. The molecule has 1 aliphatic heterocycles. The summed E-state index contributed by atoms with van der Waals surface area (Å²) >= 11 is 0. The number of carbonyl (C=O) groups excluding carboxylic acids is 2. The number of hydrogen-bond donors (Lipinski definition) is 1. The number of aromatic nitrogens is 1. The quantitative estimate of drug-likeness (QED) is 0.739. The van der Waals surface area contributed by atoms with Crippen LogP contribution in [0.4, 0.5) is 5.69 Å². The van der Waals surface area contributed by atoms with Crippen LogP contribution in [0.1, 0.15) is 34.9 Å². The second-order valence-electron chi connectivity index (χ2n) is 6.47. The Balaban J connectivity index is 1.46. The van der Waals surface area contributed by atoms with Crippen LogP contribution in [0.15, 0.2) is 65.3 Å². The fourth-order valence-corrected chi connectivity index (χ4v) is 3.05. The molecule has 4 rings (SSSR count). The van der Waals surface area contributed by atoms with Crippen molar-refractivity contribution in [3.05, 3.63) is 78.0 Å². The topological polar surface area (TPSA) is 84.7 Å². The Morgan fingerprint density at radius 2 is 1.93 bits per heavy atom. The SMILES string of the molecule is C[C@@H](NC(=O)c1coc(CN2C(=O)COc3ccccc32)n1)c1ccccc1. The maximum absolute atomic E-state index is 12.5. The van der Waals surface area contributed by atoms with Gasteiger partial charge in [-0.15, -0.1) is 0 Å². The van der Waals surface area contributed by atoms with Crippen molar-refractivity contribution < 1.29 is 18.7 Å². The third-order valence-electron chi connectivity index (χ3n) is 4.53. The minimum absolute atomic E-state index is 0.0420. The van der Waals surface area contributed by atoms with E-state index in [1.54, 1.807) is 17.0 Å². The number of oxazole rings is 1. The van der Waals surface area contributed by atoms with Gasteiger partial charge in [0, 0.05) is 0 Å². The van der Waals surface area contributed by atoms with Crippen LogP contribution in [0.25, 0.3) is 0 Å². The zero-order valence-electron chi connectivity index (χ0n) is 15.3. The van der Waals surface area contributed by atoms with Crippen LogP contribution in [0.5, 0.6) is 5.75 Å². The highest BCUT2D eigenvalue weighted by molar-refractivity contribution is 5.97. The summed E-state index contributed by atoms with van der Waals surface area (Å²) in [4.78, 5) is 30.5. The van der Waals surface area contributed by atoms with Crippen LogP contribution in [0.3, 0.4) is 0 Å². The molecule has 0 bridgehead atoms. The second kappa shape index (κ2) is 7.56. The highest BCUT2D eigenvalue weighted by atomic mass is 16.5. The number of anilines is 1. The van der Waals surface area contributed by atoms with E-state index in [1.807, 2.05) is 49.4 Å². The van der Waals surface area contributed by atoms with Crippen molar-refractivity contribution in [2.45, 2.75) is 19.5 Å². The molecule has 2 heterocycles. The summed E-state index contributed by atoms with van der Waals surface area (Å²) in [6.45, 7) is 1.98. The van der Waals surface area contributed by atoms with Gasteiger partial charge in [0.1, 0.15) is 18.6 Å². The number of fused-ring (bicyclic) bond motifs is 1. The molecule has 0 saturated heterocycles. The summed E-state index contributed by atoms with van der Waals surface area (Å²) in [6.07, 6.45) is 1.30. The van der Waals surface area contributed by atoms with Crippen molar-refractivity contribution in [2.75, 3.05) is 11.5 Å². The number of carbonyl (C=O) groups is 2. The first-order chi connectivity index (χ1) is 13.6. The number of ether oxygens (including phenoxy) is 1. The van der Waals surface area contributed by atoms with Crippen LogP contribution in [0.2, 0.25) is 0 Å². The highest BCUT2D eigenvalue weighted by Crippen LogP contribution is 2.32. The second-order valence-corrected chi connectivity index (χ2v) is 6.47. The zero-order chi connectivity index (χ0) is 19.5. The van der Waals surface area contributed by atoms with Gasteiger partial charge in [-0.05, 0) is 24.6 Å². The first kappa shape index (κ1) is 17.8. The van der Waals surface area contributed by atoms with E-state index < -0.39 is 0 Å². The Morgan fingerprint density at radius 3 is 2.75 bits per heavy atom. The highest BCUT2D eigenvalue weighted by Gasteiger charge is 2.27. The predicted molar refractivity (Wildman–Crippen MR) is 102 cm³/mol. The van der Waals surface area contributed by atoms with Gasteiger partial charge in [0.2, 0.25) is 5.89 Å². The van der Waals surface area contributed by atoms with Crippen LogP contribution in [-0.4, -0.2) is 23.4 Å². The van der Waals surface area contributed by atoms with Crippen molar-refractivity contribution in [2.24, 2.45) is 0 Å². The molecule has 142 valence electrons. The normalized spacial score (nSPS) is 14.2. The fourth-order valence-electron chi connectivity index (χ4n) is 3.05. The van der Waals surface area contributed by atoms with Gasteiger partial charge < -0.3 is 14.5 Å². The maximum Gasteiger partial charge on any atom is 0.273 e. The molecule has 1 aromatic heterocycles. The van der Waals surface area contributed by atoms with Gasteiger partial charge in [-0.2, -0.15) is 0 Å². The van der Waals surface area contributed by atoms with Gasteiger partial charge >= 0.3 is 0 Å². The zero-order valence-corrected chi connectivity index (χ0v) is 15.3. The third kappa shape index (κ3) is 3.59. The minimum Gasteiger partial charge on any atom is -0.482 e. The van der Waals surface area contributed by atoms with Crippen molar-refractivity contribution in [3.8, 4) is 5.75 Å². The van der Waals surface area contributed by atoms with Crippen LogP contribution < -0.4 is 15.0 Å². The monoisotopic (exact) mass is 377 g/mol. The lowest BCUT2D eigenvalue weighted by atomic mass is 10.1. The number of benzene rings is 2. The van der Waals surface area contributed by atoms with Crippen molar-refractivity contribution in [1.82, 2.24) is 10.3 Å². The lowest BCUT2D eigenvalue weighted by Gasteiger charge is -2.28. The Kier molecular flexibility index (Phi) is 4.80. The Labute approximate surface area is 161 Å². The molecule has 0 fully saturated rings. The minimum atomic E-state index is -0.333. The number of rotatable bonds is 5. The molecule has 1 N–H and O–H groups in total. The molecule has 1 aliphatic rings. The van der Waals surface area contributed by atoms with Crippen molar-refractivity contribution >= 4 is 17.5 Å². The van der Waals surface area contributed by atoms with Gasteiger partial charge in [-0.1, -0.05) is 42.5 Å². The molecule has 0 aliphatic carbocycles. The van der Waals surface area contributed by atoms with E-state index in [-0.39, 0.29) is 42.6 Å². The Hall–Kier alpha value is -3.61. The van der Waals surface area contributed by atoms with Crippen LogP contribution in [-0.2, 0) is 11.3 Å². The average Bonchev–Trinajstić information content (AvgIpc) is 3.20. The molecule has 0 spiro atoms. The largest absolute Gasteiger partial charge is 0.482 e. The van der Waals surface area contributed by atoms with Gasteiger partial charge in [0.05, 0.1) is 11.7 Å². The molecule has 0 radical (unpaired) electrons. The van der Waals surface area contributed by atoms with Gasteiger partial charge in [0.15, 0.2) is 12.3 Å². The molecule has 0 unspecified atom stereocenters. The lowest BCUT2D eigenvalue weighted by Crippen LogP contribution is -2.38. The lowest BCUT2D eigenvalue weighted by molar-refractivity contribution is -0.121. The molecule has 2 amide bonds. The number of nitrogens with one attached hydrogen (secondary N) is 1. The molecule has 7 heteroatoms. The van der Waals surface area contributed by atoms with Gasteiger partial charge in [0.25, 0.3) is 11.8 Å². The Morgan fingerprint density at radius 1 is 1.18 bits per heavy atom. The number of amides is 2. The summed E-state index contributed by atoms with van der Waals surface area (Å²) in [6, 6.07) is 16.8. The number of para-hydroxylation sites is 2. The molecular formula is C21H19N3O4. The predicted octanol–water partition coefficient (Wildman–Crippen LogP) is 3.09. The van der Waals surface area contributed by atoms with Gasteiger partial charge in [-0.25, -0.2) is 4.98 Å². The van der Waals surface area contributed by atoms with E-state index in [2.05, 4.69) is 10.3 Å². The van der Waals surface area contributed by atoms with E-state index in [9.17, 15) is 9.59 Å². The number of nitrogens with zero attached hydrogens (tertiary/aromatic N) is 2.